The van der Waals surface area contributed by atoms with Gasteiger partial charge in [-0.15, -0.1) is 0 Å². The van der Waals surface area contributed by atoms with Crippen LogP contribution in [0.5, 0.6) is 5.75 Å². The molecule has 1 amide bonds. The quantitative estimate of drug-likeness (QED) is 0.521. The van der Waals surface area contributed by atoms with Gasteiger partial charge in [-0.2, -0.15) is 5.10 Å². The Kier molecular flexibility index (Phi) is 5.62. The molecule has 1 aromatic heterocycles. The van der Waals surface area contributed by atoms with E-state index in [9.17, 15) is 4.79 Å². The molecule has 1 heterocycles. The third-order valence-corrected chi connectivity index (χ3v) is 4.51. The average Bonchev–Trinajstić information content (AvgIpc) is 2.95. The zero-order chi connectivity index (χ0) is 19.4. The van der Waals surface area contributed by atoms with Crippen LogP contribution in [0.15, 0.2) is 59.7 Å². The van der Waals surface area contributed by atoms with Crippen molar-refractivity contribution >= 4 is 23.7 Å². The van der Waals surface area contributed by atoms with Crippen LogP contribution in [0.25, 0.3) is 5.69 Å². The van der Waals surface area contributed by atoms with Gasteiger partial charge in [0, 0.05) is 39.3 Å². The summed E-state index contributed by atoms with van der Waals surface area (Å²) in [6, 6.07) is 16.5. The summed E-state index contributed by atoms with van der Waals surface area (Å²) < 4.78 is 7.42. The van der Waals surface area contributed by atoms with Crippen LogP contribution in [0.3, 0.4) is 0 Å². The standard InChI is InChI=1S/C21H20ClN3O2/c1-14-11-17(13-23-24-21(26)16-7-9-18(22)10-8-16)15(2)25(14)19-5-4-6-20(12-19)27-3/h4-13H,1-3H3,(H,24,26)/b23-13+. The van der Waals surface area contributed by atoms with Crippen LogP contribution in [0.1, 0.15) is 27.3 Å². The maximum absolute atomic E-state index is 12.1. The Hall–Kier alpha value is -3.05. The van der Waals surface area contributed by atoms with Crippen molar-refractivity contribution < 1.29 is 9.53 Å². The number of methoxy groups -OCH3 is 1. The van der Waals surface area contributed by atoms with E-state index in [0.29, 0.717) is 10.6 Å². The molecule has 3 rings (SSSR count). The highest BCUT2D eigenvalue weighted by Gasteiger charge is 2.10. The predicted molar refractivity (Wildman–Crippen MR) is 108 cm³/mol. The second-order valence-electron chi connectivity index (χ2n) is 6.07. The molecule has 0 bridgehead atoms. The SMILES string of the molecule is COc1cccc(-n2c(C)cc(/C=N/NC(=O)c3ccc(Cl)cc3)c2C)c1. The summed E-state index contributed by atoms with van der Waals surface area (Å²) in [6.07, 6.45) is 1.65. The van der Waals surface area contributed by atoms with Gasteiger partial charge >= 0.3 is 0 Å². The lowest BCUT2D eigenvalue weighted by atomic mass is 10.2. The Bertz CT molecular complexity index is 991. The van der Waals surface area contributed by atoms with Crippen LogP contribution in [0.4, 0.5) is 0 Å². The van der Waals surface area contributed by atoms with E-state index in [-0.39, 0.29) is 5.91 Å². The number of halogens is 1. The molecule has 0 radical (unpaired) electrons. The van der Waals surface area contributed by atoms with Gasteiger partial charge in [-0.1, -0.05) is 17.7 Å². The monoisotopic (exact) mass is 381 g/mol. The number of hydrazone groups is 1. The highest BCUT2D eigenvalue weighted by atomic mass is 35.5. The number of aromatic nitrogens is 1. The van der Waals surface area contributed by atoms with Crippen LogP contribution in [0, 0.1) is 13.8 Å². The molecule has 0 aliphatic rings. The third-order valence-electron chi connectivity index (χ3n) is 4.26. The van der Waals surface area contributed by atoms with Gasteiger partial charge in [-0.05, 0) is 56.3 Å². The molecule has 0 spiro atoms. The Labute approximate surface area is 163 Å². The molecule has 2 aromatic carbocycles. The summed E-state index contributed by atoms with van der Waals surface area (Å²) in [5.41, 5.74) is 7.05. The van der Waals surface area contributed by atoms with E-state index < -0.39 is 0 Å². The minimum Gasteiger partial charge on any atom is -0.497 e. The number of nitrogens with one attached hydrogen (secondary N) is 1. The number of rotatable bonds is 5. The van der Waals surface area contributed by atoms with Crippen molar-refractivity contribution in [3.63, 3.8) is 0 Å². The average molecular weight is 382 g/mol. The zero-order valence-corrected chi connectivity index (χ0v) is 16.1. The lowest BCUT2D eigenvalue weighted by Crippen LogP contribution is -2.17. The van der Waals surface area contributed by atoms with E-state index in [1.165, 1.54) is 0 Å². The van der Waals surface area contributed by atoms with Crippen LogP contribution >= 0.6 is 11.6 Å². The van der Waals surface area contributed by atoms with E-state index in [2.05, 4.69) is 15.1 Å². The molecule has 6 heteroatoms. The van der Waals surface area contributed by atoms with E-state index in [1.807, 2.05) is 44.2 Å². The first-order chi connectivity index (χ1) is 13.0. The number of carbonyl (C=O) groups is 1. The van der Waals surface area contributed by atoms with Crippen molar-refractivity contribution in [2.75, 3.05) is 7.11 Å². The van der Waals surface area contributed by atoms with Gasteiger partial charge in [-0.25, -0.2) is 5.43 Å². The Morgan fingerprint density at radius 2 is 1.89 bits per heavy atom. The molecule has 0 aliphatic heterocycles. The molecule has 0 saturated carbocycles. The molecule has 0 fully saturated rings. The fourth-order valence-corrected chi connectivity index (χ4v) is 3.02. The summed E-state index contributed by atoms with van der Waals surface area (Å²) in [5.74, 6) is 0.509. The molecular formula is C21H20ClN3O2. The second-order valence-corrected chi connectivity index (χ2v) is 6.51. The molecule has 27 heavy (non-hydrogen) atoms. The van der Waals surface area contributed by atoms with Crippen molar-refractivity contribution in [3.8, 4) is 11.4 Å². The fraction of sp³-hybridized carbons (Fsp3) is 0.143. The predicted octanol–water partition coefficient (Wildman–Crippen LogP) is 4.52. The Morgan fingerprint density at radius 1 is 1.15 bits per heavy atom. The number of carbonyl (C=O) groups excluding carboxylic acids is 1. The Balaban J connectivity index is 1.79. The highest BCUT2D eigenvalue weighted by molar-refractivity contribution is 6.30. The first-order valence-electron chi connectivity index (χ1n) is 8.42. The van der Waals surface area contributed by atoms with Crippen molar-refractivity contribution in [1.82, 2.24) is 9.99 Å². The minimum atomic E-state index is -0.287. The number of hydrogen-bond donors (Lipinski definition) is 1. The van der Waals surface area contributed by atoms with Crippen LogP contribution < -0.4 is 10.2 Å². The van der Waals surface area contributed by atoms with Gasteiger partial charge in [0.25, 0.3) is 5.91 Å². The van der Waals surface area contributed by atoms with Gasteiger partial charge in [0.15, 0.2) is 0 Å². The lowest BCUT2D eigenvalue weighted by molar-refractivity contribution is 0.0955. The molecule has 0 atom stereocenters. The van der Waals surface area contributed by atoms with E-state index in [4.69, 9.17) is 16.3 Å². The van der Waals surface area contributed by atoms with Gasteiger partial charge in [0.05, 0.1) is 13.3 Å². The number of nitrogens with zero attached hydrogens (tertiary/aromatic N) is 2. The van der Waals surface area contributed by atoms with Crippen molar-refractivity contribution in [2.45, 2.75) is 13.8 Å². The molecule has 0 unspecified atom stereocenters. The van der Waals surface area contributed by atoms with Crippen LogP contribution in [-0.4, -0.2) is 23.8 Å². The fourth-order valence-electron chi connectivity index (χ4n) is 2.89. The van der Waals surface area contributed by atoms with E-state index >= 15 is 0 Å². The van der Waals surface area contributed by atoms with Crippen molar-refractivity contribution in [1.29, 1.82) is 0 Å². The highest BCUT2D eigenvalue weighted by Crippen LogP contribution is 2.23. The molecule has 5 nitrogen and oxygen atoms in total. The lowest BCUT2D eigenvalue weighted by Gasteiger charge is -2.11. The van der Waals surface area contributed by atoms with E-state index in [0.717, 1.165) is 28.4 Å². The van der Waals surface area contributed by atoms with Crippen molar-refractivity contribution in [3.05, 3.63) is 82.1 Å². The summed E-state index contributed by atoms with van der Waals surface area (Å²) in [4.78, 5) is 12.1. The molecule has 1 N–H and O–H groups in total. The second kappa shape index (κ2) is 8.10. The van der Waals surface area contributed by atoms with Crippen LogP contribution in [-0.2, 0) is 0 Å². The number of benzene rings is 2. The van der Waals surface area contributed by atoms with Gasteiger partial charge < -0.3 is 9.30 Å². The van der Waals surface area contributed by atoms with Crippen molar-refractivity contribution in [2.24, 2.45) is 5.10 Å². The number of hydrogen-bond acceptors (Lipinski definition) is 3. The zero-order valence-electron chi connectivity index (χ0n) is 15.4. The van der Waals surface area contributed by atoms with Gasteiger partial charge in [0.2, 0.25) is 0 Å². The number of ether oxygens (including phenoxy) is 1. The normalized spacial score (nSPS) is 11.0. The number of aryl methyl sites for hydroxylation is 1. The van der Waals surface area contributed by atoms with Gasteiger partial charge in [0.1, 0.15) is 5.75 Å². The first kappa shape index (κ1) is 18.7. The number of amides is 1. The summed E-state index contributed by atoms with van der Waals surface area (Å²) in [6.45, 7) is 4.03. The summed E-state index contributed by atoms with van der Waals surface area (Å²) >= 11 is 5.83. The van der Waals surface area contributed by atoms with Crippen LogP contribution in [0.2, 0.25) is 5.02 Å². The smallest absolute Gasteiger partial charge is 0.271 e. The largest absolute Gasteiger partial charge is 0.497 e. The molecule has 138 valence electrons. The Morgan fingerprint density at radius 3 is 2.59 bits per heavy atom. The minimum absolute atomic E-state index is 0.287. The third kappa shape index (κ3) is 4.20. The van der Waals surface area contributed by atoms with E-state index in [1.54, 1.807) is 37.6 Å². The van der Waals surface area contributed by atoms with Gasteiger partial charge in [-0.3, -0.25) is 4.79 Å². The molecule has 0 saturated heterocycles. The summed E-state index contributed by atoms with van der Waals surface area (Å²) in [7, 11) is 1.65. The molecular weight excluding hydrogens is 362 g/mol. The summed E-state index contributed by atoms with van der Waals surface area (Å²) in [5, 5.41) is 4.67. The first-order valence-corrected chi connectivity index (χ1v) is 8.79. The molecule has 3 aromatic rings. The molecule has 0 aliphatic carbocycles. The topological polar surface area (TPSA) is 55.6 Å². The maximum atomic E-state index is 12.1. The maximum Gasteiger partial charge on any atom is 0.271 e.